The quantitative estimate of drug-likeness (QED) is 0.653. The van der Waals surface area contributed by atoms with E-state index in [1.807, 2.05) is 25.2 Å². The monoisotopic (exact) mass is 249 g/mol. The van der Waals surface area contributed by atoms with Crippen molar-refractivity contribution in [1.29, 1.82) is 0 Å². The SMILES string of the molecule is [B]c1cnc2cnc(N/C(C=C)=C/C=C\C)nc2n1. The van der Waals surface area contributed by atoms with Crippen molar-refractivity contribution in [1.82, 2.24) is 19.9 Å². The predicted molar refractivity (Wildman–Crippen MR) is 77.2 cm³/mol. The standard InChI is InChI=1S/C13H12BN5/c1-3-5-6-9(4-2)17-13-16-7-10-12(19-13)18-11(14)8-15-10/h3-8H,2H2,1H3,(H,16,17,18,19)/b5-3-,9-6+. The first kappa shape index (κ1) is 12.9. The zero-order valence-electron chi connectivity index (χ0n) is 10.5. The molecule has 0 aliphatic rings. The van der Waals surface area contributed by atoms with Gasteiger partial charge in [0.15, 0.2) is 5.65 Å². The fourth-order valence-corrected chi connectivity index (χ4v) is 1.38. The number of nitrogens with one attached hydrogen (secondary N) is 1. The first-order chi connectivity index (χ1) is 9.22. The second-order valence-electron chi connectivity index (χ2n) is 3.67. The molecule has 0 aliphatic carbocycles. The predicted octanol–water partition coefficient (Wildman–Crippen LogP) is 1.27. The van der Waals surface area contributed by atoms with Crippen molar-refractivity contribution in [3.8, 4) is 0 Å². The molecular weight excluding hydrogens is 237 g/mol. The maximum Gasteiger partial charge on any atom is 0.229 e. The number of aromatic nitrogens is 4. The van der Waals surface area contributed by atoms with Crippen LogP contribution in [-0.2, 0) is 0 Å². The number of anilines is 1. The lowest BCUT2D eigenvalue weighted by Gasteiger charge is -2.05. The van der Waals surface area contributed by atoms with Crippen LogP contribution in [0.4, 0.5) is 5.95 Å². The minimum atomic E-state index is 0.325. The lowest BCUT2D eigenvalue weighted by atomic mass is 10.1. The largest absolute Gasteiger partial charge is 0.324 e. The zero-order valence-corrected chi connectivity index (χ0v) is 10.5. The molecule has 0 aromatic carbocycles. The van der Waals surface area contributed by atoms with E-state index < -0.39 is 0 Å². The highest BCUT2D eigenvalue weighted by molar-refractivity contribution is 6.30. The van der Waals surface area contributed by atoms with Crippen LogP contribution in [0, 0.1) is 0 Å². The summed E-state index contributed by atoms with van der Waals surface area (Å²) in [4.78, 5) is 16.6. The van der Waals surface area contributed by atoms with Gasteiger partial charge < -0.3 is 5.32 Å². The Hall–Kier alpha value is -2.50. The maximum absolute atomic E-state index is 5.58. The Morgan fingerprint density at radius 1 is 1.32 bits per heavy atom. The van der Waals surface area contributed by atoms with E-state index in [0.29, 0.717) is 22.7 Å². The van der Waals surface area contributed by atoms with E-state index in [2.05, 4.69) is 31.8 Å². The van der Waals surface area contributed by atoms with Crippen LogP contribution in [-0.4, -0.2) is 27.8 Å². The van der Waals surface area contributed by atoms with Crippen LogP contribution in [0.3, 0.4) is 0 Å². The lowest BCUT2D eigenvalue weighted by molar-refractivity contribution is 1.15. The molecule has 19 heavy (non-hydrogen) atoms. The van der Waals surface area contributed by atoms with Gasteiger partial charge in [-0.25, -0.2) is 9.97 Å². The van der Waals surface area contributed by atoms with E-state index in [4.69, 9.17) is 7.85 Å². The highest BCUT2D eigenvalue weighted by Gasteiger charge is 2.02. The molecule has 0 aliphatic heterocycles. The summed E-state index contributed by atoms with van der Waals surface area (Å²) in [6.07, 6.45) is 10.4. The highest BCUT2D eigenvalue weighted by atomic mass is 15.1. The molecule has 92 valence electrons. The van der Waals surface area contributed by atoms with Gasteiger partial charge in [-0.05, 0) is 19.1 Å². The van der Waals surface area contributed by atoms with Crippen LogP contribution in [0.5, 0.6) is 0 Å². The van der Waals surface area contributed by atoms with Crippen molar-refractivity contribution in [3.05, 3.63) is 49.0 Å². The third-order valence-corrected chi connectivity index (χ3v) is 2.27. The van der Waals surface area contributed by atoms with E-state index in [-0.39, 0.29) is 0 Å². The van der Waals surface area contributed by atoms with Gasteiger partial charge in [-0.3, -0.25) is 4.98 Å². The second kappa shape index (κ2) is 5.90. The van der Waals surface area contributed by atoms with Crippen molar-refractivity contribution in [3.63, 3.8) is 0 Å². The third-order valence-electron chi connectivity index (χ3n) is 2.27. The second-order valence-corrected chi connectivity index (χ2v) is 3.67. The minimum Gasteiger partial charge on any atom is -0.324 e. The Morgan fingerprint density at radius 3 is 2.89 bits per heavy atom. The molecule has 2 heterocycles. The van der Waals surface area contributed by atoms with Crippen molar-refractivity contribution in [2.75, 3.05) is 5.32 Å². The molecule has 0 spiro atoms. The fraction of sp³-hybridized carbons (Fsp3) is 0.0769. The first-order valence-corrected chi connectivity index (χ1v) is 5.70. The van der Waals surface area contributed by atoms with Gasteiger partial charge >= 0.3 is 0 Å². The average molecular weight is 249 g/mol. The van der Waals surface area contributed by atoms with Crippen molar-refractivity contribution in [2.24, 2.45) is 0 Å². The van der Waals surface area contributed by atoms with Crippen LogP contribution in [0.15, 0.2) is 49.0 Å². The Kier molecular flexibility index (Phi) is 4.02. The van der Waals surface area contributed by atoms with Crippen LogP contribution < -0.4 is 10.9 Å². The molecule has 0 atom stereocenters. The molecule has 0 unspecified atom stereocenters. The number of allylic oxidation sites excluding steroid dienone is 4. The summed E-state index contributed by atoms with van der Waals surface area (Å²) < 4.78 is 0. The number of fused-ring (bicyclic) bond motifs is 1. The van der Waals surface area contributed by atoms with Crippen molar-refractivity contribution in [2.45, 2.75) is 6.92 Å². The number of nitrogens with zero attached hydrogens (tertiary/aromatic N) is 4. The van der Waals surface area contributed by atoms with Crippen molar-refractivity contribution < 1.29 is 0 Å². The molecule has 0 amide bonds. The van der Waals surface area contributed by atoms with Gasteiger partial charge in [-0.15, -0.1) is 0 Å². The van der Waals surface area contributed by atoms with Crippen molar-refractivity contribution >= 4 is 30.6 Å². The summed E-state index contributed by atoms with van der Waals surface area (Å²) in [5, 5.41) is 3.04. The first-order valence-electron chi connectivity index (χ1n) is 5.70. The summed E-state index contributed by atoms with van der Waals surface area (Å²) in [5.74, 6) is 0.419. The molecule has 0 fully saturated rings. The molecule has 2 aromatic heterocycles. The lowest BCUT2D eigenvalue weighted by Crippen LogP contribution is -2.11. The Balaban J connectivity index is 2.32. The third kappa shape index (κ3) is 3.25. The molecule has 0 saturated carbocycles. The topological polar surface area (TPSA) is 63.6 Å². The summed E-state index contributed by atoms with van der Waals surface area (Å²) in [6, 6.07) is 0. The molecule has 0 saturated heterocycles. The van der Waals surface area contributed by atoms with Crippen LogP contribution in [0.25, 0.3) is 11.2 Å². The molecule has 0 bridgehead atoms. The van der Waals surface area contributed by atoms with Gasteiger partial charge in [-0.2, -0.15) is 4.98 Å². The fourth-order valence-electron chi connectivity index (χ4n) is 1.38. The summed E-state index contributed by atoms with van der Waals surface area (Å²) in [5.41, 5.74) is 2.16. The van der Waals surface area contributed by atoms with Crippen LogP contribution in [0.2, 0.25) is 0 Å². The van der Waals surface area contributed by atoms with E-state index in [0.717, 1.165) is 5.70 Å². The van der Waals surface area contributed by atoms with Gasteiger partial charge in [0.2, 0.25) is 5.95 Å². The number of rotatable bonds is 4. The van der Waals surface area contributed by atoms with Crippen LogP contribution in [0.1, 0.15) is 6.92 Å². The molecule has 6 heteroatoms. The maximum atomic E-state index is 5.58. The molecule has 5 nitrogen and oxygen atoms in total. The summed E-state index contributed by atoms with van der Waals surface area (Å²) in [6.45, 7) is 5.65. The van der Waals surface area contributed by atoms with Gasteiger partial charge in [0.25, 0.3) is 0 Å². The molecular formula is C13H12BN5. The van der Waals surface area contributed by atoms with E-state index >= 15 is 0 Å². The van der Waals surface area contributed by atoms with Gasteiger partial charge in [0.05, 0.1) is 6.20 Å². The van der Waals surface area contributed by atoms with E-state index in [9.17, 15) is 0 Å². The molecule has 2 aromatic rings. The highest BCUT2D eigenvalue weighted by Crippen LogP contribution is 2.08. The molecule has 2 radical (unpaired) electrons. The van der Waals surface area contributed by atoms with Crippen LogP contribution >= 0.6 is 0 Å². The summed E-state index contributed by atoms with van der Waals surface area (Å²) >= 11 is 0. The van der Waals surface area contributed by atoms with E-state index in [1.54, 1.807) is 12.3 Å². The minimum absolute atomic E-state index is 0.325. The normalized spacial score (nSPS) is 11.9. The molecule has 2 rings (SSSR count). The average Bonchev–Trinajstić information content (AvgIpc) is 2.43. The van der Waals surface area contributed by atoms with Gasteiger partial charge in [-0.1, -0.05) is 18.7 Å². The van der Waals surface area contributed by atoms with Gasteiger partial charge in [0.1, 0.15) is 13.4 Å². The Labute approximate surface area is 112 Å². The number of hydrogen-bond donors (Lipinski definition) is 1. The summed E-state index contributed by atoms with van der Waals surface area (Å²) in [7, 11) is 5.58. The molecule has 1 N–H and O–H groups in total. The Morgan fingerprint density at radius 2 is 2.16 bits per heavy atom. The zero-order chi connectivity index (χ0) is 13.7. The van der Waals surface area contributed by atoms with Gasteiger partial charge in [0, 0.05) is 17.5 Å². The Bertz CT molecular complexity index is 663. The smallest absolute Gasteiger partial charge is 0.229 e. The number of hydrogen-bond acceptors (Lipinski definition) is 5. The van der Waals surface area contributed by atoms with E-state index in [1.165, 1.54) is 6.20 Å².